The van der Waals surface area contributed by atoms with E-state index in [9.17, 15) is 14.0 Å². The lowest BCUT2D eigenvalue weighted by Crippen LogP contribution is -2.22. The Morgan fingerprint density at radius 2 is 2.09 bits per heavy atom. The molecule has 0 N–H and O–H groups in total. The van der Waals surface area contributed by atoms with Gasteiger partial charge in [-0.15, -0.1) is 0 Å². The van der Waals surface area contributed by atoms with Crippen molar-refractivity contribution in [3.63, 3.8) is 0 Å². The number of ether oxygens (including phenoxy) is 1. The van der Waals surface area contributed by atoms with Crippen molar-refractivity contribution in [2.24, 2.45) is 0 Å². The van der Waals surface area contributed by atoms with Crippen LogP contribution in [-0.4, -0.2) is 17.1 Å². The van der Waals surface area contributed by atoms with Crippen molar-refractivity contribution in [3.05, 3.63) is 45.0 Å². The van der Waals surface area contributed by atoms with Crippen molar-refractivity contribution in [2.45, 2.75) is 33.2 Å². The van der Waals surface area contributed by atoms with Gasteiger partial charge >= 0.3 is 5.97 Å². The minimum atomic E-state index is -0.707. The van der Waals surface area contributed by atoms with E-state index in [0.29, 0.717) is 5.52 Å². The number of hydrogen-bond donors (Lipinski definition) is 0. The Bertz CT molecular complexity index is 785. The lowest BCUT2D eigenvalue weighted by Gasteiger charge is -2.19. The molecule has 4 nitrogen and oxygen atoms in total. The number of nitrogens with zero attached hydrogens (tertiary/aromatic N) is 1. The van der Waals surface area contributed by atoms with Gasteiger partial charge in [0.1, 0.15) is 11.4 Å². The summed E-state index contributed by atoms with van der Waals surface area (Å²) in [4.78, 5) is 24.4. The van der Waals surface area contributed by atoms with Crippen molar-refractivity contribution in [2.75, 3.05) is 6.61 Å². The fraction of sp³-hybridized carbons (Fsp3) is 0.375. The van der Waals surface area contributed by atoms with Crippen molar-refractivity contribution < 1.29 is 13.9 Å². The van der Waals surface area contributed by atoms with E-state index in [1.807, 2.05) is 13.8 Å². The highest BCUT2D eigenvalue weighted by Gasteiger charge is 2.19. The normalized spacial score (nSPS) is 12.4. The summed E-state index contributed by atoms with van der Waals surface area (Å²) < 4.78 is 20.4. The van der Waals surface area contributed by atoms with E-state index in [1.54, 1.807) is 11.5 Å². The fourth-order valence-electron chi connectivity index (χ4n) is 2.26. The van der Waals surface area contributed by atoms with Gasteiger partial charge in [0.2, 0.25) is 5.43 Å². The molecule has 0 unspecified atom stereocenters. The molecule has 0 aliphatic rings. The number of pyridine rings is 1. The van der Waals surface area contributed by atoms with E-state index in [2.05, 4.69) is 0 Å². The second-order valence-corrected chi connectivity index (χ2v) is 5.45. The Kier molecular flexibility index (Phi) is 4.86. The molecule has 2 aromatic rings. The molecule has 0 saturated heterocycles. The molecule has 0 saturated carbocycles. The molecule has 1 atom stereocenters. The van der Waals surface area contributed by atoms with Crippen LogP contribution in [0.3, 0.4) is 0 Å². The first-order valence-electron chi connectivity index (χ1n) is 7.11. The molecule has 0 amide bonds. The summed E-state index contributed by atoms with van der Waals surface area (Å²) in [5, 5.41) is 0.0561. The summed E-state index contributed by atoms with van der Waals surface area (Å²) >= 11 is 5.83. The van der Waals surface area contributed by atoms with Gasteiger partial charge in [0.25, 0.3) is 0 Å². The molecule has 1 heterocycles. The topological polar surface area (TPSA) is 48.3 Å². The van der Waals surface area contributed by atoms with E-state index in [0.717, 1.165) is 12.5 Å². The molecule has 0 bridgehead atoms. The maximum absolute atomic E-state index is 13.7. The zero-order valence-corrected chi connectivity index (χ0v) is 13.4. The summed E-state index contributed by atoms with van der Waals surface area (Å²) in [7, 11) is 0. The maximum Gasteiger partial charge on any atom is 0.343 e. The molecule has 1 aromatic heterocycles. The third-order valence-corrected chi connectivity index (χ3v) is 3.92. The number of carbonyl (C=O) groups is 1. The number of hydrogen-bond acceptors (Lipinski definition) is 3. The predicted octanol–water partition coefficient (Wildman–Crippen LogP) is 3.94. The van der Waals surface area contributed by atoms with Crippen molar-refractivity contribution >= 4 is 28.5 Å². The van der Waals surface area contributed by atoms with Gasteiger partial charge in [0.15, 0.2) is 0 Å². The minimum Gasteiger partial charge on any atom is -0.462 e. The van der Waals surface area contributed by atoms with Gasteiger partial charge in [0, 0.05) is 17.6 Å². The number of esters is 1. The summed E-state index contributed by atoms with van der Waals surface area (Å²) in [5.41, 5.74) is -0.154. The van der Waals surface area contributed by atoms with Gasteiger partial charge < -0.3 is 9.30 Å². The van der Waals surface area contributed by atoms with Crippen LogP contribution in [0.15, 0.2) is 23.1 Å². The van der Waals surface area contributed by atoms with Crippen LogP contribution in [0.5, 0.6) is 0 Å². The smallest absolute Gasteiger partial charge is 0.343 e. The average molecular weight is 326 g/mol. The number of aromatic nitrogens is 1. The van der Waals surface area contributed by atoms with Crippen LogP contribution in [0.25, 0.3) is 10.9 Å². The first-order chi connectivity index (χ1) is 10.4. The zero-order chi connectivity index (χ0) is 16.4. The predicted molar refractivity (Wildman–Crippen MR) is 84.1 cm³/mol. The van der Waals surface area contributed by atoms with Crippen molar-refractivity contribution in [1.29, 1.82) is 0 Å². The number of fused-ring (bicyclic) bond motifs is 1. The molecule has 6 heteroatoms. The average Bonchev–Trinajstić information content (AvgIpc) is 2.49. The Balaban J connectivity index is 2.85. The molecular weight excluding hydrogens is 309 g/mol. The van der Waals surface area contributed by atoms with E-state index in [1.165, 1.54) is 12.3 Å². The monoisotopic (exact) mass is 325 g/mol. The largest absolute Gasteiger partial charge is 0.462 e. The van der Waals surface area contributed by atoms with E-state index < -0.39 is 17.2 Å². The van der Waals surface area contributed by atoms with Crippen LogP contribution >= 0.6 is 11.6 Å². The maximum atomic E-state index is 13.7. The SMILES string of the molecule is CCOC(=O)c1cn([C@@H](C)CC)c2cc(Cl)c(F)cc2c1=O. The molecule has 118 valence electrons. The lowest BCUT2D eigenvalue weighted by atomic mass is 10.1. The van der Waals surface area contributed by atoms with Gasteiger partial charge in [-0.05, 0) is 32.4 Å². The fourth-order valence-corrected chi connectivity index (χ4v) is 2.42. The molecular formula is C16H17ClFNO3. The standard InChI is InChI=1S/C16H17ClFNO3/c1-4-9(3)19-8-11(16(21)22-5-2)15(20)10-6-13(18)12(17)7-14(10)19/h6-9H,4-5H2,1-3H3/t9-/m0/s1. The van der Waals surface area contributed by atoms with E-state index >= 15 is 0 Å². The van der Waals surface area contributed by atoms with Gasteiger partial charge in [-0.25, -0.2) is 9.18 Å². The minimum absolute atomic E-state index is 0.0119. The highest BCUT2D eigenvalue weighted by molar-refractivity contribution is 6.31. The van der Waals surface area contributed by atoms with Gasteiger partial charge in [-0.1, -0.05) is 18.5 Å². The summed E-state index contributed by atoms with van der Waals surface area (Å²) in [5.74, 6) is -1.40. The first-order valence-corrected chi connectivity index (χ1v) is 7.49. The van der Waals surface area contributed by atoms with Crippen LogP contribution in [0, 0.1) is 5.82 Å². The number of rotatable bonds is 4. The van der Waals surface area contributed by atoms with Crippen LogP contribution < -0.4 is 5.43 Å². The highest BCUT2D eigenvalue weighted by Crippen LogP contribution is 2.25. The van der Waals surface area contributed by atoms with Gasteiger partial charge in [0.05, 0.1) is 17.1 Å². The summed E-state index contributed by atoms with van der Waals surface area (Å²) in [6.45, 7) is 5.74. The van der Waals surface area contributed by atoms with Crippen LogP contribution in [-0.2, 0) is 4.74 Å². The molecule has 22 heavy (non-hydrogen) atoms. The third kappa shape index (κ3) is 2.86. The quantitative estimate of drug-likeness (QED) is 0.800. The molecule has 0 spiro atoms. The van der Waals surface area contributed by atoms with Crippen molar-refractivity contribution in [1.82, 2.24) is 4.57 Å². The Labute approximate surface area is 132 Å². The van der Waals surface area contributed by atoms with Crippen LogP contribution in [0.1, 0.15) is 43.6 Å². The molecule has 0 fully saturated rings. The van der Waals surface area contributed by atoms with E-state index in [4.69, 9.17) is 16.3 Å². The Morgan fingerprint density at radius 3 is 2.68 bits per heavy atom. The van der Waals surface area contributed by atoms with Crippen molar-refractivity contribution in [3.8, 4) is 0 Å². The summed E-state index contributed by atoms with van der Waals surface area (Å²) in [6, 6.07) is 2.49. The second kappa shape index (κ2) is 6.48. The van der Waals surface area contributed by atoms with Crippen LogP contribution in [0.2, 0.25) is 5.02 Å². The zero-order valence-electron chi connectivity index (χ0n) is 12.7. The van der Waals surface area contributed by atoms with E-state index in [-0.39, 0.29) is 28.6 Å². The Hall–Kier alpha value is -1.88. The highest BCUT2D eigenvalue weighted by atomic mass is 35.5. The molecule has 0 radical (unpaired) electrons. The van der Waals surface area contributed by atoms with Crippen LogP contribution in [0.4, 0.5) is 4.39 Å². The first kappa shape index (κ1) is 16.5. The molecule has 1 aromatic carbocycles. The molecule has 0 aliphatic heterocycles. The second-order valence-electron chi connectivity index (χ2n) is 5.04. The molecule has 2 rings (SSSR count). The summed E-state index contributed by atoms with van der Waals surface area (Å²) in [6.07, 6.45) is 2.24. The third-order valence-electron chi connectivity index (χ3n) is 3.64. The number of halogens is 2. The van der Waals surface area contributed by atoms with Gasteiger partial charge in [-0.2, -0.15) is 0 Å². The lowest BCUT2D eigenvalue weighted by molar-refractivity contribution is 0.0524. The Morgan fingerprint density at radius 1 is 1.41 bits per heavy atom. The number of carbonyl (C=O) groups excluding carboxylic acids is 1. The molecule has 0 aliphatic carbocycles. The van der Waals surface area contributed by atoms with Gasteiger partial charge in [-0.3, -0.25) is 4.79 Å². The number of benzene rings is 1.